The van der Waals surface area contributed by atoms with Gasteiger partial charge in [0.2, 0.25) is 0 Å². The number of aliphatic imine (C=N–C) groups is 1. The van der Waals surface area contributed by atoms with E-state index in [9.17, 15) is 22.2 Å². The number of alkyl halides is 2. The van der Waals surface area contributed by atoms with Gasteiger partial charge in [-0.25, -0.2) is 22.4 Å². The molecule has 6 nitrogen and oxygen atoms in total. The smallest absolute Gasteiger partial charge is 0.279 e. The Bertz CT molecular complexity index is 809. The van der Waals surface area contributed by atoms with E-state index in [1.165, 1.54) is 29.2 Å². The number of rotatable bonds is 5. The van der Waals surface area contributed by atoms with Crippen LogP contribution in [0.1, 0.15) is 13.3 Å². The second kappa shape index (κ2) is 8.38. The van der Waals surface area contributed by atoms with Gasteiger partial charge < -0.3 is 10.6 Å². The summed E-state index contributed by atoms with van der Waals surface area (Å²) in [7, 11) is -1.83. The summed E-state index contributed by atoms with van der Waals surface area (Å²) in [5.74, 6) is -4.24. The van der Waals surface area contributed by atoms with Crippen LogP contribution in [0.2, 0.25) is 0 Å². The minimum absolute atomic E-state index is 0.0170. The predicted molar refractivity (Wildman–Crippen MR) is 98.0 cm³/mol. The van der Waals surface area contributed by atoms with Crippen LogP contribution in [-0.2, 0) is 15.8 Å². The molecule has 1 saturated heterocycles. The molecule has 1 aromatic rings. The highest BCUT2D eigenvalue weighted by Crippen LogP contribution is 2.32. The van der Waals surface area contributed by atoms with Crippen molar-refractivity contribution < 1.29 is 22.2 Å². The standard InChI is InChI=1S/C17H19F3N4O2S/c1-3-27(26)23-16(25)14(21)8-15(22-13-6-4-12(18)5-7-13)24-10-17(19,20)9-11(24)2/h3-8,11H,1,9-10,21H2,2H3,(H,23,25)/b14-8-,22-15?/t11-,27?/m1/s1. The van der Waals surface area contributed by atoms with E-state index in [1.54, 1.807) is 6.92 Å². The molecular weight excluding hydrogens is 381 g/mol. The van der Waals surface area contributed by atoms with Gasteiger partial charge in [0.25, 0.3) is 11.8 Å². The van der Waals surface area contributed by atoms with Crippen molar-refractivity contribution in [3.63, 3.8) is 0 Å². The molecule has 0 saturated carbocycles. The maximum Gasteiger partial charge on any atom is 0.279 e. The second-order valence-electron chi connectivity index (χ2n) is 5.98. The van der Waals surface area contributed by atoms with Crippen molar-refractivity contribution in [1.29, 1.82) is 0 Å². The van der Waals surface area contributed by atoms with E-state index in [1.807, 2.05) is 0 Å². The fraction of sp³-hybridized carbons (Fsp3) is 0.294. The van der Waals surface area contributed by atoms with Crippen LogP contribution in [0.3, 0.4) is 0 Å². The first kappa shape index (κ1) is 20.7. The number of benzene rings is 1. The fourth-order valence-electron chi connectivity index (χ4n) is 2.54. The highest BCUT2D eigenvalue weighted by atomic mass is 32.2. The second-order valence-corrected chi connectivity index (χ2v) is 7.11. The summed E-state index contributed by atoms with van der Waals surface area (Å²) >= 11 is 0. The lowest BCUT2D eigenvalue weighted by molar-refractivity contribution is -0.115. The van der Waals surface area contributed by atoms with Gasteiger partial charge in [0.15, 0.2) is 0 Å². The molecule has 1 aliphatic heterocycles. The van der Waals surface area contributed by atoms with Crippen LogP contribution in [0.15, 0.2) is 53.0 Å². The summed E-state index contributed by atoms with van der Waals surface area (Å²) in [5, 5.41) is 1.00. The van der Waals surface area contributed by atoms with Crippen LogP contribution in [0.4, 0.5) is 18.9 Å². The van der Waals surface area contributed by atoms with Crippen molar-refractivity contribution in [3.8, 4) is 0 Å². The maximum atomic E-state index is 13.8. The van der Waals surface area contributed by atoms with Gasteiger partial charge >= 0.3 is 0 Å². The molecule has 1 aromatic carbocycles. The molecule has 1 aliphatic rings. The Morgan fingerprint density at radius 2 is 2.07 bits per heavy atom. The molecule has 1 amide bonds. The summed E-state index contributed by atoms with van der Waals surface area (Å²) in [5.41, 5.74) is 5.64. The Kier molecular flexibility index (Phi) is 6.42. The zero-order valence-corrected chi connectivity index (χ0v) is 15.3. The van der Waals surface area contributed by atoms with Gasteiger partial charge in [0.05, 0.1) is 12.2 Å². The monoisotopic (exact) mass is 400 g/mol. The topological polar surface area (TPSA) is 87.8 Å². The van der Waals surface area contributed by atoms with Crippen LogP contribution in [0.5, 0.6) is 0 Å². The van der Waals surface area contributed by atoms with E-state index in [4.69, 9.17) is 5.73 Å². The Morgan fingerprint density at radius 3 is 2.59 bits per heavy atom. The molecule has 146 valence electrons. The van der Waals surface area contributed by atoms with Crippen molar-refractivity contribution in [1.82, 2.24) is 9.62 Å². The molecule has 10 heteroatoms. The lowest BCUT2D eigenvalue weighted by Crippen LogP contribution is -2.36. The molecule has 0 radical (unpaired) electrons. The zero-order valence-electron chi connectivity index (χ0n) is 14.5. The molecule has 2 rings (SSSR count). The van der Waals surface area contributed by atoms with Gasteiger partial charge in [0, 0.05) is 23.9 Å². The van der Waals surface area contributed by atoms with Crippen molar-refractivity contribution in [2.75, 3.05) is 6.54 Å². The maximum absolute atomic E-state index is 13.8. The largest absolute Gasteiger partial charge is 0.394 e. The predicted octanol–water partition coefficient (Wildman–Crippen LogP) is 2.35. The molecule has 0 spiro atoms. The first-order valence-electron chi connectivity index (χ1n) is 7.91. The van der Waals surface area contributed by atoms with Gasteiger partial charge in [-0.2, -0.15) is 0 Å². The van der Waals surface area contributed by atoms with Crippen LogP contribution >= 0.6 is 0 Å². The number of amides is 1. The summed E-state index contributed by atoms with van der Waals surface area (Å²) in [4.78, 5) is 17.5. The number of nitrogens with one attached hydrogen (secondary N) is 1. The normalized spacial score (nSPS) is 21.0. The van der Waals surface area contributed by atoms with Crippen LogP contribution < -0.4 is 10.5 Å². The number of likely N-dealkylation sites (tertiary alicyclic amines) is 1. The van der Waals surface area contributed by atoms with E-state index in [0.29, 0.717) is 5.69 Å². The van der Waals surface area contributed by atoms with Crippen molar-refractivity contribution in [2.45, 2.75) is 25.3 Å². The Morgan fingerprint density at radius 1 is 1.44 bits per heavy atom. The number of amidine groups is 1. The average Bonchev–Trinajstić information content (AvgIpc) is 2.88. The third-order valence-corrected chi connectivity index (χ3v) is 4.47. The third-order valence-electron chi connectivity index (χ3n) is 3.78. The fourth-order valence-corrected chi connectivity index (χ4v) is 2.93. The lowest BCUT2D eigenvalue weighted by atomic mass is 10.2. The first-order valence-corrected chi connectivity index (χ1v) is 9.12. The van der Waals surface area contributed by atoms with Gasteiger partial charge in [-0.15, -0.1) is 0 Å². The van der Waals surface area contributed by atoms with E-state index >= 15 is 0 Å². The highest BCUT2D eigenvalue weighted by molar-refractivity contribution is 7.86. The van der Waals surface area contributed by atoms with Crippen molar-refractivity contribution in [3.05, 3.63) is 53.8 Å². The minimum atomic E-state index is -2.92. The SMILES string of the molecule is C=CS(=O)NC(=O)/C(N)=C/C(=Nc1ccc(F)cc1)N1CC(F)(F)C[C@H]1C. The van der Waals surface area contributed by atoms with Crippen LogP contribution in [-0.4, -0.2) is 39.4 Å². The Hall–Kier alpha value is -2.62. The summed E-state index contributed by atoms with van der Waals surface area (Å²) in [6.07, 6.45) is 0.743. The Balaban J connectivity index is 2.39. The van der Waals surface area contributed by atoms with Gasteiger partial charge in [-0.05, 0) is 31.2 Å². The molecule has 1 heterocycles. The molecular formula is C17H19F3N4O2S. The van der Waals surface area contributed by atoms with E-state index in [2.05, 4.69) is 16.3 Å². The molecule has 0 aromatic heterocycles. The number of carbonyl (C=O) groups is 1. The number of nitrogens with two attached hydrogens (primary N) is 1. The van der Waals surface area contributed by atoms with E-state index in [0.717, 1.165) is 11.5 Å². The number of carbonyl (C=O) groups excluding carboxylic acids is 1. The number of hydrogen-bond donors (Lipinski definition) is 2. The molecule has 1 fully saturated rings. The number of halogens is 3. The van der Waals surface area contributed by atoms with Crippen molar-refractivity contribution in [2.24, 2.45) is 10.7 Å². The molecule has 1 unspecified atom stereocenters. The highest BCUT2D eigenvalue weighted by Gasteiger charge is 2.44. The Labute approximate surface area is 157 Å². The number of hydrogen-bond acceptors (Lipinski definition) is 4. The number of nitrogens with zero attached hydrogens (tertiary/aromatic N) is 2. The first-order chi connectivity index (χ1) is 12.6. The minimum Gasteiger partial charge on any atom is -0.394 e. The third kappa shape index (κ3) is 5.68. The molecule has 0 aliphatic carbocycles. The summed E-state index contributed by atoms with van der Waals surface area (Å²) in [6, 6.07) is 4.52. The van der Waals surface area contributed by atoms with E-state index < -0.39 is 41.2 Å². The van der Waals surface area contributed by atoms with Crippen molar-refractivity contribution >= 4 is 28.4 Å². The zero-order chi connectivity index (χ0) is 20.2. The van der Waals surface area contributed by atoms with Gasteiger partial charge in [-0.1, -0.05) is 6.58 Å². The lowest BCUT2D eigenvalue weighted by Gasteiger charge is -2.23. The molecule has 27 heavy (non-hydrogen) atoms. The van der Waals surface area contributed by atoms with Crippen LogP contribution in [0.25, 0.3) is 0 Å². The van der Waals surface area contributed by atoms with Crippen LogP contribution in [0, 0.1) is 5.82 Å². The van der Waals surface area contributed by atoms with Gasteiger partial charge in [-0.3, -0.25) is 9.52 Å². The quantitative estimate of drug-likeness (QED) is 0.451. The average molecular weight is 400 g/mol. The van der Waals surface area contributed by atoms with Gasteiger partial charge in [0.1, 0.15) is 28.3 Å². The summed E-state index contributed by atoms with van der Waals surface area (Å²) in [6.45, 7) is 4.26. The molecule has 0 bridgehead atoms. The molecule has 2 atom stereocenters. The van der Waals surface area contributed by atoms with E-state index in [-0.39, 0.29) is 18.0 Å². The summed E-state index contributed by atoms with van der Waals surface area (Å²) < 4.78 is 54.1. The molecule has 3 N–H and O–H groups in total.